The minimum absolute atomic E-state index is 0.262. The van der Waals surface area contributed by atoms with Gasteiger partial charge in [0.2, 0.25) is 0 Å². The number of esters is 1. The Labute approximate surface area is 120 Å². The summed E-state index contributed by atoms with van der Waals surface area (Å²) in [5.41, 5.74) is 3.36. The second kappa shape index (κ2) is 5.82. The predicted octanol–water partition coefficient (Wildman–Crippen LogP) is 4.46. The van der Waals surface area contributed by atoms with Gasteiger partial charge in [-0.25, -0.2) is 4.79 Å². The summed E-state index contributed by atoms with van der Waals surface area (Å²) in [4.78, 5) is 11.5. The van der Waals surface area contributed by atoms with Gasteiger partial charge in [-0.15, -0.1) is 0 Å². The first-order valence-corrected chi connectivity index (χ1v) is 7.67. The van der Waals surface area contributed by atoms with Crippen LogP contribution in [0.1, 0.15) is 54.4 Å². The lowest BCUT2D eigenvalue weighted by molar-refractivity contribution is 0.0600. The topological polar surface area (TPSA) is 26.3 Å². The van der Waals surface area contributed by atoms with E-state index >= 15 is 0 Å². The second-order valence-corrected chi connectivity index (χ2v) is 6.01. The van der Waals surface area contributed by atoms with E-state index in [9.17, 15) is 4.79 Å². The molecule has 1 fully saturated rings. The quantitative estimate of drug-likeness (QED) is 0.742. The minimum Gasteiger partial charge on any atom is -0.465 e. The molecule has 2 aliphatic rings. The van der Waals surface area contributed by atoms with Crippen molar-refractivity contribution in [1.82, 2.24) is 0 Å². The van der Waals surface area contributed by atoms with Crippen molar-refractivity contribution < 1.29 is 9.53 Å². The number of fused-ring (bicyclic) bond motifs is 1. The standard InChI is InChI=1S/C18H22O2/c1-20-18(19)15-9-6-14(7-10-15)17-11-8-13-4-2-3-5-16(13)12-17/h6-7,9-10,12-13,16H,2-5,8,11H2,1H3. The SMILES string of the molecule is COC(=O)c1ccc(C2=CC3CCCCC3CC2)cc1. The normalized spacial score (nSPS) is 25.6. The maximum absolute atomic E-state index is 11.5. The van der Waals surface area contributed by atoms with Crippen LogP contribution in [0, 0.1) is 11.8 Å². The van der Waals surface area contributed by atoms with Crippen LogP contribution in [0.2, 0.25) is 0 Å². The minimum atomic E-state index is -0.262. The van der Waals surface area contributed by atoms with Crippen molar-refractivity contribution in [2.24, 2.45) is 11.8 Å². The van der Waals surface area contributed by atoms with Gasteiger partial charge in [0.15, 0.2) is 0 Å². The first-order valence-electron chi connectivity index (χ1n) is 7.67. The lowest BCUT2D eigenvalue weighted by Gasteiger charge is -2.34. The van der Waals surface area contributed by atoms with Gasteiger partial charge < -0.3 is 4.74 Å². The van der Waals surface area contributed by atoms with Crippen LogP contribution in [0.25, 0.3) is 5.57 Å². The second-order valence-electron chi connectivity index (χ2n) is 6.01. The maximum atomic E-state index is 11.5. The zero-order valence-electron chi connectivity index (χ0n) is 12.1. The zero-order chi connectivity index (χ0) is 13.9. The Hall–Kier alpha value is -1.57. The van der Waals surface area contributed by atoms with Crippen molar-refractivity contribution in [1.29, 1.82) is 0 Å². The molecule has 1 aromatic carbocycles. The van der Waals surface area contributed by atoms with Crippen LogP contribution >= 0.6 is 0 Å². The summed E-state index contributed by atoms with van der Waals surface area (Å²) in [7, 11) is 1.42. The summed E-state index contributed by atoms with van der Waals surface area (Å²) in [6.45, 7) is 0. The van der Waals surface area contributed by atoms with Crippen molar-refractivity contribution in [3.63, 3.8) is 0 Å². The van der Waals surface area contributed by atoms with Gasteiger partial charge in [0.1, 0.15) is 0 Å². The van der Waals surface area contributed by atoms with Crippen LogP contribution in [-0.2, 0) is 4.74 Å². The fourth-order valence-corrected chi connectivity index (χ4v) is 3.68. The van der Waals surface area contributed by atoms with Crippen molar-refractivity contribution in [3.05, 3.63) is 41.5 Å². The third-order valence-corrected chi connectivity index (χ3v) is 4.84. The van der Waals surface area contributed by atoms with E-state index in [1.165, 1.54) is 56.8 Å². The Morgan fingerprint density at radius 3 is 2.60 bits per heavy atom. The highest BCUT2D eigenvalue weighted by Gasteiger charge is 2.27. The van der Waals surface area contributed by atoms with Gasteiger partial charge in [-0.2, -0.15) is 0 Å². The third kappa shape index (κ3) is 2.65. The van der Waals surface area contributed by atoms with Crippen LogP contribution < -0.4 is 0 Å². The van der Waals surface area contributed by atoms with Gasteiger partial charge in [0, 0.05) is 0 Å². The van der Waals surface area contributed by atoms with Gasteiger partial charge >= 0.3 is 5.97 Å². The average molecular weight is 270 g/mol. The number of carbonyl (C=O) groups excluding carboxylic acids is 1. The molecule has 0 aromatic heterocycles. The van der Waals surface area contributed by atoms with Crippen molar-refractivity contribution in [3.8, 4) is 0 Å². The summed E-state index contributed by atoms with van der Waals surface area (Å²) < 4.78 is 4.74. The summed E-state index contributed by atoms with van der Waals surface area (Å²) in [6.07, 6.45) is 10.6. The van der Waals surface area contributed by atoms with E-state index in [4.69, 9.17) is 4.74 Å². The molecular formula is C18H22O2. The van der Waals surface area contributed by atoms with Crippen molar-refractivity contribution in [2.45, 2.75) is 38.5 Å². The average Bonchev–Trinajstić information content (AvgIpc) is 2.54. The molecule has 2 nitrogen and oxygen atoms in total. The molecule has 1 saturated carbocycles. The van der Waals surface area contributed by atoms with Gasteiger partial charge in [-0.05, 0) is 60.8 Å². The van der Waals surface area contributed by atoms with Gasteiger partial charge in [0.25, 0.3) is 0 Å². The monoisotopic (exact) mass is 270 g/mol. The number of hydrogen-bond acceptors (Lipinski definition) is 2. The number of rotatable bonds is 2. The van der Waals surface area contributed by atoms with Crippen LogP contribution in [0.15, 0.2) is 30.3 Å². The number of benzene rings is 1. The maximum Gasteiger partial charge on any atom is 0.337 e. The summed E-state index contributed by atoms with van der Waals surface area (Å²) in [5, 5.41) is 0. The molecule has 20 heavy (non-hydrogen) atoms. The molecule has 0 saturated heterocycles. The van der Waals surface area contributed by atoms with Crippen LogP contribution in [0.4, 0.5) is 0 Å². The molecule has 2 atom stereocenters. The van der Waals surface area contributed by atoms with Crippen LogP contribution in [0.5, 0.6) is 0 Å². The van der Waals surface area contributed by atoms with E-state index in [0.29, 0.717) is 5.56 Å². The largest absolute Gasteiger partial charge is 0.465 e. The Morgan fingerprint density at radius 2 is 1.85 bits per heavy atom. The predicted molar refractivity (Wildman–Crippen MR) is 80.4 cm³/mol. The Bertz CT molecular complexity index is 513. The summed E-state index contributed by atoms with van der Waals surface area (Å²) in [6, 6.07) is 7.85. The van der Waals surface area contributed by atoms with E-state index in [1.807, 2.05) is 12.1 Å². The smallest absolute Gasteiger partial charge is 0.337 e. The molecule has 0 N–H and O–H groups in total. The Kier molecular flexibility index (Phi) is 3.90. The summed E-state index contributed by atoms with van der Waals surface area (Å²) in [5.74, 6) is 1.44. The molecule has 0 radical (unpaired) electrons. The first kappa shape index (κ1) is 13.4. The highest BCUT2D eigenvalue weighted by Crippen LogP contribution is 2.41. The van der Waals surface area contributed by atoms with Gasteiger partial charge in [-0.3, -0.25) is 0 Å². The molecule has 2 unspecified atom stereocenters. The molecular weight excluding hydrogens is 248 g/mol. The van der Waals surface area contributed by atoms with Crippen LogP contribution in [0.3, 0.4) is 0 Å². The summed E-state index contributed by atoms with van der Waals surface area (Å²) >= 11 is 0. The lowest BCUT2D eigenvalue weighted by atomic mass is 9.71. The molecule has 0 heterocycles. The lowest BCUT2D eigenvalue weighted by Crippen LogP contribution is -2.21. The van der Waals surface area contributed by atoms with E-state index in [2.05, 4.69) is 18.2 Å². The van der Waals surface area contributed by atoms with Crippen molar-refractivity contribution in [2.75, 3.05) is 7.11 Å². The zero-order valence-corrected chi connectivity index (χ0v) is 12.1. The fraction of sp³-hybridized carbons (Fsp3) is 0.500. The molecule has 106 valence electrons. The Morgan fingerprint density at radius 1 is 1.10 bits per heavy atom. The van der Waals surface area contributed by atoms with Gasteiger partial charge in [0.05, 0.1) is 12.7 Å². The third-order valence-electron chi connectivity index (χ3n) is 4.84. The molecule has 3 rings (SSSR count). The highest BCUT2D eigenvalue weighted by molar-refractivity contribution is 5.89. The molecule has 0 spiro atoms. The number of allylic oxidation sites excluding steroid dienone is 2. The number of carbonyl (C=O) groups is 1. The van der Waals surface area contributed by atoms with E-state index in [1.54, 1.807) is 0 Å². The fourth-order valence-electron chi connectivity index (χ4n) is 3.68. The molecule has 2 heteroatoms. The van der Waals surface area contributed by atoms with E-state index < -0.39 is 0 Å². The number of methoxy groups -OCH3 is 1. The Balaban J connectivity index is 1.79. The molecule has 2 aliphatic carbocycles. The first-order chi connectivity index (χ1) is 9.78. The van der Waals surface area contributed by atoms with E-state index in [0.717, 1.165) is 11.8 Å². The molecule has 0 aliphatic heterocycles. The number of ether oxygens (including phenoxy) is 1. The van der Waals surface area contributed by atoms with E-state index in [-0.39, 0.29) is 5.97 Å². The highest BCUT2D eigenvalue weighted by atomic mass is 16.5. The number of hydrogen-bond donors (Lipinski definition) is 0. The van der Waals surface area contributed by atoms with Gasteiger partial charge in [-0.1, -0.05) is 31.1 Å². The van der Waals surface area contributed by atoms with Crippen molar-refractivity contribution >= 4 is 11.5 Å². The van der Waals surface area contributed by atoms with Crippen LogP contribution in [-0.4, -0.2) is 13.1 Å². The molecule has 0 bridgehead atoms. The molecule has 1 aromatic rings. The molecule has 0 amide bonds.